The number of hydrogen-bond acceptors (Lipinski definition) is 0. The van der Waals surface area contributed by atoms with E-state index in [4.69, 9.17) is 0 Å². The van der Waals surface area contributed by atoms with Gasteiger partial charge in [-0.15, -0.1) is 0 Å². The maximum absolute atomic E-state index is 12.6. The summed E-state index contributed by atoms with van der Waals surface area (Å²) in [6.45, 7) is 21.1. The fraction of sp³-hybridized carbons (Fsp3) is 0.379. The fourth-order valence-electron chi connectivity index (χ4n) is 2.21. The van der Waals surface area contributed by atoms with E-state index in [1.165, 1.54) is 41.7 Å². The molecule has 31 heavy (non-hydrogen) atoms. The monoisotopic (exact) mass is 428 g/mol. The minimum Gasteiger partial charge on any atom is -0.204 e. The highest BCUT2D eigenvalue weighted by Gasteiger charge is 2.02. The third-order valence-electron chi connectivity index (χ3n) is 4.13. The Bertz CT molecular complexity index is 776. The average Bonchev–Trinajstić information content (AvgIpc) is 2.80. The molecule has 0 aliphatic rings. The van der Waals surface area contributed by atoms with Crippen LogP contribution in [0.25, 0.3) is 11.1 Å². The Kier molecular flexibility index (Phi) is 18.1. The molecule has 0 aromatic heterocycles. The van der Waals surface area contributed by atoms with Crippen LogP contribution in [-0.2, 0) is 0 Å². The van der Waals surface area contributed by atoms with E-state index in [9.17, 15) is 8.78 Å². The van der Waals surface area contributed by atoms with Gasteiger partial charge in [0.15, 0.2) is 11.7 Å². The van der Waals surface area contributed by atoms with Crippen molar-refractivity contribution in [2.75, 3.05) is 0 Å². The first kappa shape index (κ1) is 30.7. The summed E-state index contributed by atoms with van der Waals surface area (Å²) in [4.78, 5) is 0. The van der Waals surface area contributed by atoms with Gasteiger partial charge in [-0.3, -0.25) is 0 Å². The molecule has 0 fully saturated rings. The molecule has 172 valence electrons. The van der Waals surface area contributed by atoms with E-state index in [2.05, 4.69) is 89.7 Å². The molecule has 0 nitrogen and oxygen atoms in total. The van der Waals surface area contributed by atoms with Gasteiger partial charge in [-0.1, -0.05) is 115 Å². The zero-order valence-electron chi connectivity index (χ0n) is 21.0. The van der Waals surface area contributed by atoms with Gasteiger partial charge in [-0.25, -0.2) is 8.78 Å². The van der Waals surface area contributed by atoms with Crippen LogP contribution in [0.15, 0.2) is 84.5 Å². The Morgan fingerprint density at radius 1 is 0.903 bits per heavy atom. The van der Waals surface area contributed by atoms with Crippen molar-refractivity contribution in [2.24, 2.45) is 0 Å². The maximum Gasteiger partial charge on any atom is 0.161 e. The summed E-state index contributed by atoms with van der Waals surface area (Å²) in [7, 11) is 0. The molecule has 2 rings (SSSR count). The molecule has 0 radical (unpaired) electrons. The molecule has 0 unspecified atom stereocenters. The maximum atomic E-state index is 12.6. The Labute approximate surface area is 190 Å². The van der Waals surface area contributed by atoms with Crippen LogP contribution in [0, 0.1) is 6.92 Å². The van der Waals surface area contributed by atoms with Gasteiger partial charge >= 0.3 is 0 Å². The highest BCUT2D eigenvalue weighted by molar-refractivity contribution is 5.64. The number of benzene rings is 2. The fourth-order valence-corrected chi connectivity index (χ4v) is 2.21. The number of hydrogen-bond donors (Lipinski definition) is 0. The molecule has 0 bridgehead atoms. The molecule has 0 saturated carbocycles. The molecule has 0 atom stereocenters. The first-order valence-electron chi connectivity index (χ1n) is 11.2. The first-order valence-corrected chi connectivity index (χ1v) is 11.2. The van der Waals surface area contributed by atoms with Gasteiger partial charge in [0.2, 0.25) is 0 Å². The molecule has 0 amide bonds. The van der Waals surface area contributed by atoms with Crippen molar-refractivity contribution in [3.05, 3.63) is 95.6 Å². The number of rotatable bonds is 4. The van der Waals surface area contributed by atoms with Crippen LogP contribution in [0.2, 0.25) is 0 Å². The van der Waals surface area contributed by atoms with Crippen LogP contribution in [0.4, 0.5) is 8.78 Å². The zero-order chi connectivity index (χ0) is 24.4. The van der Waals surface area contributed by atoms with Gasteiger partial charge in [0.1, 0.15) is 0 Å². The first-order chi connectivity index (χ1) is 14.7. The normalized spacial score (nSPS) is 11.0. The Hall–Kier alpha value is -2.48. The second kappa shape index (κ2) is 18.3. The smallest absolute Gasteiger partial charge is 0.161 e. The van der Waals surface area contributed by atoms with E-state index >= 15 is 0 Å². The van der Waals surface area contributed by atoms with Crippen molar-refractivity contribution in [3.63, 3.8) is 0 Å². The van der Waals surface area contributed by atoms with Crippen LogP contribution in [0.1, 0.15) is 78.9 Å². The standard InChI is InChI=1S/C16H18.C8H10F2.C3H8.C2H6/c1-12(2)14-8-10-16(11-9-14)15-6-4-13(3)5-7-15;1-4-6(3)8(10)7(9)5-2;1-3-2;1-2/h4-12H,1-3H3;4-5H,2H2,1,3H3;3H2,1-2H3;1-2H3/b;6-4-,8-7-;;. The highest BCUT2D eigenvalue weighted by atomic mass is 19.2. The van der Waals surface area contributed by atoms with Gasteiger partial charge in [-0.05, 0) is 55.0 Å². The Balaban J connectivity index is 0. The van der Waals surface area contributed by atoms with Gasteiger partial charge in [0, 0.05) is 0 Å². The van der Waals surface area contributed by atoms with Crippen molar-refractivity contribution in [2.45, 2.75) is 74.7 Å². The molecule has 0 N–H and O–H groups in total. The molecule has 0 aliphatic carbocycles. The topological polar surface area (TPSA) is 0 Å². The van der Waals surface area contributed by atoms with Crippen LogP contribution < -0.4 is 0 Å². The van der Waals surface area contributed by atoms with Crippen molar-refractivity contribution in [3.8, 4) is 11.1 Å². The number of allylic oxidation sites excluding steroid dienone is 5. The summed E-state index contributed by atoms with van der Waals surface area (Å²) < 4.78 is 24.9. The molecule has 2 aromatic carbocycles. The van der Waals surface area contributed by atoms with E-state index in [0.717, 1.165) is 6.08 Å². The van der Waals surface area contributed by atoms with Crippen molar-refractivity contribution >= 4 is 0 Å². The lowest BCUT2D eigenvalue weighted by molar-refractivity contribution is 0.564. The predicted octanol–water partition coefficient (Wildman–Crippen LogP) is 10.5. The molecular formula is C29H42F2. The number of aryl methyl sites for hydroxylation is 1. The number of halogens is 2. The second-order valence-corrected chi connectivity index (χ2v) is 7.19. The minimum atomic E-state index is -0.907. The summed E-state index contributed by atoms with van der Waals surface area (Å²) >= 11 is 0. The summed E-state index contributed by atoms with van der Waals surface area (Å²) in [6, 6.07) is 17.5. The SMILES string of the molecule is C=C/C(F)=C(F)\C(C)=C/C.CC.CCC.Cc1ccc(-c2ccc(C(C)C)cc2)cc1. The molecule has 0 saturated heterocycles. The largest absolute Gasteiger partial charge is 0.204 e. The van der Waals surface area contributed by atoms with E-state index in [0.29, 0.717) is 5.92 Å². The molecular weight excluding hydrogens is 386 g/mol. The molecule has 0 heterocycles. The lowest BCUT2D eigenvalue weighted by atomic mass is 9.98. The highest BCUT2D eigenvalue weighted by Crippen LogP contribution is 2.22. The van der Waals surface area contributed by atoms with E-state index in [1.807, 2.05) is 13.8 Å². The average molecular weight is 429 g/mol. The minimum absolute atomic E-state index is 0.289. The van der Waals surface area contributed by atoms with Gasteiger partial charge < -0.3 is 0 Å². The summed E-state index contributed by atoms with van der Waals surface area (Å²) in [5.74, 6) is -1.14. The quantitative estimate of drug-likeness (QED) is 0.425. The van der Waals surface area contributed by atoms with E-state index in [1.54, 1.807) is 6.92 Å². The van der Waals surface area contributed by atoms with Gasteiger partial charge in [0.05, 0.1) is 0 Å². The molecule has 2 heteroatoms. The van der Waals surface area contributed by atoms with Crippen molar-refractivity contribution in [1.29, 1.82) is 0 Å². The summed E-state index contributed by atoms with van der Waals surface area (Å²) in [5, 5.41) is 0. The van der Waals surface area contributed by atoms with Crippen LogP contribution >= 0.6 is 0 Å². The van der Waals surface area contributed by atoms with Crippen molar-refractivity contribution in [1.82, 2.24) is 0 Å². The van der Waals surface area contributed by atoms with Crippen LogP contribution in [-0.4, -0.2) is 0 Å². The zero-order valence-corrected chi connectivity index (χ0v) is 21.0. The van der Waals surface area contributed by atoms with Gasteiger partial charge in [-0.2, -0.15) is 0 Å². The second-order valence-electron chi connectivity index (χ2n) is 7.19. The lowest BCUT2D eigenvalue weighted by Gasteiger charge is -2.07. The molecule has 0 aliphatic heterocycles. The van der Waals surface area contributed by atoms with E-state index in [-0.39, 0.29) is 5.57 Å². The van der Waals surface area contributed by atoms with Gasteiger partial charge in [0.25, 0.3) is 0 Å². The summed E-state index contributed by atoms with van der Waals surface area (Å²) in [5.41, 5.74) is 5.58. The summed E-state index contributed by atoms with van der Waals surface area (Å²) in [6.07, 6.45) is 3.60. The molecule has 0 spiro atoms. The van der Waals surface area contributed by atoms with Crippen LogP contribution in [0.5, 0.6) is 0 Å². The molecule has 2 aromatic rings. The van der Waals surface area contributed by atoms with E-state index < -0.39 is 11.7 Å². The Morgan fingerprint density at radius 3 is 1.61 bits per heavy atom. The third kappa shape index (κ3) is 12.7. The third-order valence-corrected chi connectivity index (χ3v) is 4.13. The lowest BCUT2D eigenvalue weighted by Crippen LogP contribution is -1.86. The van der Waals surface area contributed by atoms with Crippen LogP contribution in [0.3, 0.4) is 0 Å². The Morgan fingerprint density at radius 2 is 1.29 bits per heavy atom. The van der Waals surface area contributed by atoms with Crippen molar-refractivity contribution < 1.29 is 8.78 Å². The predicted molar refractivity (Wildman–Crippen MR) is 137 cm³/mol.